The van der Waals surface area contributed by atoms with Gasteiger partial charge in [0, 0.05) is 39.1 Å². The molecule has 0 aromatic carbocycles. The summed E-state index contributed by atoms with van der Waals surface area (Å²) in [6, 6.07) is 0. The van der Waals surface area contributed by atoms with Gasteiger partial charge in [-0.3, -0.25) is 9.59 Å². The summed E-state index contributed by atoms with van der Waals surface area (Å²) in [5.74, 6) is 0.116. The number of likely N-dealkylation sites (tertiary alicyclic amines) is 1. The maximum absolute atomic E-state index is 11.9. The summed E-state index contributed by atoms with van der Waals surface area (Å²) >= 11 is 0. The van der Waals surface area contributed by atoms with Crippen molar-refractivity contribution in [2.24, 2.45) is 0 Å². The average Bonchev–Trinajstić information content (AvgIpc) is 2.49. The lowest BCUT2D eigenvalue weighted by molar-refractivity contribution is -0.132. The van der Waals surface area contributed by atoms with Gasteiger partial charge in [-0.05, 0) is 19.3 Å². The summed E-state index contributed by atoms with van der Waals surface area (Å²) in [5, 5.41) is 6.00. The van der Waals surface area contributed by atoms with Crippen LogP contribution in [0, 0.1) is 0 Å². The van der Waals surface area contributed by atoms with Gasteiger partial charge in [0.2, 0.25) is 11.8 Å². The second-order valence-corrected chi connectivity index (χ2v) is 5.44. The molecule has 6 nitrogen and oxygen atoms in total. The standard InChI is InChI=1S/C14H25N3O3/c18-13(10-12-11-15-6-9-20-12)16-5-4-14(19)17-7-2-1-3-8-17/h12,15H,1-11H2,(H,16,18). The van der Waals surface area contributed by atoms with Gasteiger partial charge in [-0.2, -0.15) is 0 Å². The minimum Gasteiger partial charge on any atom is -0.375 e. The second-order valence-electron chi connectivity index (χ2n) is 5.44. The van der Waals surface area contributed by atoms with E-state index in [9.17, 15) is 9.59 Å². The monoisotopic (exact) mass is 283 g/mol. The van der Waals surface area contributed by atoms with Crippen LogP contribution in [-0.4, -0.2) is 62.1 Å². The first-order chi connectivity index (χ1) is 9.75. The number of amides is 2. The number of carbonyl (C=O) groups excluding carboxylic acids is 2. The Kier molecular flexibility index (Phi) is 6.26. The molecule has 2 amide bonds. The molecule has 20 heavy (non-hydrogen) atoms. The highest BCUT2D eigenvalue weighted by Gasteiger charge is 2.18. The zero-order valence-electron chi connectivity index (χ0n) is 12.0. The Morgan fingerprint density at radius 3 is 2.75 bits per heavy atom. The first-order valence-electron chi connectivity index (χ1n) is 7.62. The molecule has 114 valence electrons. The molecule has 2 N–H and O–H groups in total. The fourth-order valence-electron chi connectivity index (χ4n) is 2.64. The topological polar surface area (TPSA) is 70.7 Å². The van der Waals surface area contributed by atoms with Crippen molar-refractivity contribution < 1.29 is 14.3 Å². The number of rotatable bonds is 5. The SMILES string of the molecule is O=C(CC1CNCCO1)NCCC(=O)N1CCCCC1. The zero-order chi connectivity index (χ0) is 14.2. The van der Waals surface area contributed by atoms with E-state index in [4.69, 9.17) is 4.74 Å². The van der Waals surface area contributed by atoms with Crippen molar-refractivity contribution in [2.75, 3.05) is 39.3 Å². The van der Waals surface area contributed by atoms with Gasteiger partial charge in [0.25, 0.3) is 0 Å². The molecule has 6 heteroatoms. The van der Waals surface area contributed by atoms with Gasteiger partial charge in [-0.25, -0.2) is 0 Å². The van der Waals surface area contributed by atoms with Crippen molar-refractivity contribution in [2.45, 2.75) is 38.2 Å². The quantitative estimate of drug-likeness (QED) is 0.738. The van der Waals surface area contributed by atoms with Crippen LogP contribution in [0.4, 0.5) is 0 Å². The molecule has 0 aromatic rings. The number of morpholine rings is 1. The van der Waals surface area contributed by atoms with E-state index in [-0.39, 0.29) is 17.9 Å². The molecular weight excluding hydrogens is 258 g/mol. The van der Waals surface area contributed by atoms with Gasteiger partial charge in [0.15, 0.2) is 0 Å². The Morgan fingerprint density at radius 2 is 2.05 bits per heavy atom. The number of piperidine rings is 1. The molecule has 0 spiro atoms. The van der Waals surface area contributed by atoms with Gasteiger partial charge in [-0.1, -0.05) is 0 Å². The molecule has 0 aromatic heterocycles. The fraction of sp³-hybridized carbons (Fsp3) is 0.857. The highest BCUT2D eigenvalue weighted by atomic mass is 16.5. The van der Waals surface area contributed by atoms with Gasteiger partial charge in [0.1, 0.15) is 0 Å². The highest BCUT2D eigenvalue weighted by molar-refractivity contribution is 5.79. The predicted molar refractivity (Wildman–Crippen MR) is 75.3 cm³/mol. The van der Waals surface area contributed by atoms with E-state index in [2.05, 4.69) is 10.6 Å². The van der Waals surface area contributed by atoms with Crippen molar-refractivity contribution in [1.29, 1.82) is 0 Å². The van der Waals surface area contributed by atoms with Crippen molar-refractivity contribution in [3.8, 4) is 0 Å². The van der Waals surface area contributed by atoms with Gasteiger partial charge in [0.05, 0.1) is 19.1 Å². The summed E-state index contributed by atoms with van der Waals surface area (Å²) in [6.07, 6.45) is 4.14. The van der Waals surface area contributed by atoms with E-state index < -0.39 is 0 Å². The molecule has 2 aliphatic rings. The summed E-state index contributed by atoms with van der Waals surface area (Å²) in [4.78, 5) is 25.5. The Labute approximate surface area is 120 Å². The normalized spacial score (nSPS) is 23.4. The fourth-order valence-corrected chi connectivity index (χ4v) is 2.64. The van der Waals surface area contributed by atoms with Crippen LogP contribution in [0.1, 0.15) is 32.1 Å². The average molecular weight is 283 g/mol. The molecule has 1 unspecified atom stereocenters. The minimum atomic E-state index is -0.0402. The van der Waals surface area contributed by atoms with E-state index in [1.165, 1.54) is 6.42 Å². The van der Waals surface area contributed by atoms with Crippen molar-refractivity contribution in [1.82, 2.24) is 15.5 Å². The molecule has 1 atom stereocenters. The summed E-state index contributed by atoms with van der Waals surface area (Å²) < 4.78 is 5.47. The van der Waals surface area contributed by atoms with Crippen LogP contribution in [0.2, 0.25) is 0 Å². The smallest absolute Gasteiger partial charge is 0.224 e. The summed E-state index contributed by atoms with van der Waals surface area (Å²) in [6.45, 7) is 4.39. The molecule has 2 heterocycles. The number of hydrogen-bond donors (Lipinski definition) is 2. The van der Waals surface area contributed by atoms with Crippen LogP contribution in [0.25, 0.3) is 0 Å². The second kappa shape index (κ2) is 8.21. The predicted octanol–water partition coefficient (Wildman–Crippen LogP) is -0.116. The Balaban J connectivity index is 1.57. The lowest BCUT2D eigenvalue weighted by atomic mass is 10.1. The molecule has 2 rings (SSSR count). The third-order valence-electron chi connectivity index (χ3n) is 3.79. The molecule has 2 fully saturated rings. The third kappa shape index (κ3) is 5.09. The van der Waals surface area contributed by atoms with Crippen LogP contribution < -0.4 is 10.6 Å². The number of nitrogens with zero attached hydrogens (tertiary/aromatic N) is 1. The van der Waals surface area contributed by atoms with E-state index in [1.807, 2.05) is 4.90 Å². The number of carbonyl (C=O) groups is 2. The van der Waals surface area contributed by atoms with Crippen LogP contribution in [0.15, 0.2) is 0 Å². The molecule has 0 aliphatic carbocycles. The maximum atomic E-state index is 11.9. The van der Waals surface area contributed by atoms with Gasteiger partial charge < -0.3 is 20.3 Å². The Hall–Kier alpha value is -1.14. The van der Waals surface area contributed by atoms with Crippen LogP contribution in [0.5, 0.6) is 0 Å². The molecule has 2 saturated heterocycles. The van der Waals surface area contributed by atoms with E-state index in [0.717, 1.165) is 39.0 Å². The van der Waals surface area contributed by atoms with Gasteiger partial charge in [-0.15, -0.1) is 0 Å². The zero-order valence-corrected chi connectivity index (χ0v) is 12.0. The van der Waals surface area contributed by atoms with E-state index >= 15 is 0 Å². The third-order valence-corrected chi connectivity index (χ3v) is 3.79. The lowest BCUT2D eigenvalue weighted by Crippen LogP contribution is -2.42. The van der Waals surface area contributed by atoms with Crippen LogP contribution >= 0.6 is 0 Å². The van der Waals surface area contributed by atoms with Crippen molar-refractivity contribution in [3.63, 3.8) is 0 Å². The number of ether oxygens (including phenoxy) is 1. The Morgan fingerprint density at radius 1 is 1.25 bits per heavy atom. The van der Waals surface area contributed by atoms with Crippen LogP contribution in [0.3, 0.4) is 0 Å². The van der Waals surface area contributed by atoms with E-state index in [1.54, 1.807) is 0 Å². The van der Waals surface area contributed by atoms with Gasteiger partial charge >= 0.3 is 0 Å². The first kappa shape index (κ1) is 15.3. The Bertz CT molecular complexity index is 324. The highest BCUT2D eigenvalue weighted by Crippen LogP contribution is 2.09. The largest absolute Gasteiger partial charge is 0.375 e. The number of hydrogen-bond acceptors (Lipinski definition) is 4. The van der Waals surface area contributed by atoms with E-state index in [0.29, 0.717) is 26.0 Å². The first-order valence-corrected chi connectivity index (χ1v) is 7.62. The minimum absolute atomic E-state index is 0.0369. The van der Waals surface area contributed by atoms with Crippen molar-refractivity contribution >= 4 is 11.8 Å². The molecular formula is C14H25N3O3. The number of nitrogens with one attached hydrogen (secondary N) is 2. The molecule has 0 bridgehead atoms. The maximum Gasteiger partial charge on any atom is 0.224 e. The summed E-state index contributed by atoms with van der Waals surface area (Å²) in [7, 11) is 0. The lowest BCUT2D eigenvalue weighted by Gasteiger charge is -2.27. The molecule has 0 radical (unpaired) electrons. The van der Waals surface area contributed by atoms with Crippen LogP contribution in [-0.2, 0) is 14.3 Å². The van der Waals surface area contributed by atoms with Crippen molar-refractivity contribution in [3.05, 3.63) is 0 Å². The summed E-state index contributed by atoms with van der Waals surface area (Å²) in [5.41, 5.74) is 0. The molecule has 2 aliphatic heterocycles. The molecule has 0 saturated carbocycles.